The first-order valence-electron chi connectivity index (χ1n) is 3.85. The minimum atomic E-state index is 0.0951. The molecule has 2 rings (SSSR count). The van der Waals surface area contributed by atoms with Crippen molar-refractivity contribution in [2.24, 2.45) is 0 Å². The van der Waals surface area contributed by atoms with Crippen molar-refractivity contribution in [3.8, 4) is 0 Å². The average molecular weight is 185 g/mol. The molecule has 0 bridgehead atoms. The van der Waals surface area contributed by atoms with Gasteiger partial charge in [0.15, 0.2) is 0 Å². The molecule has 3 N–H and O–H groups in total. The van der Waals surface area contributed by atoms with E-state index in [2.05, 4.69) is 5.10 Å². The molecule has 1 aromatic heterocycles. The van der Waals surface area contributed by atoms with Crippen molar-refractivity contribution in [2.45, 2.75) is 18.1 Å². The van der Waals surface area contributed by atoms with Gasteiger partial charge in [0.2, 0.25) is 0 Å². The molecular formula is C7H11N3OS. The van der Waals surface area contributed by atoms with Crippen molar-refractivity contribution in [1.29, 1.82) is 0 Å². The zero-order valence-corrected chi connectivity index (χ0v) is 7.47. The van der Waals surface area contributed by atoms with Gasteiger partial charge in [-0.2, -0.15) is 16.9 Å². The number of rotatable bonds is 2. The molecule has 4 nitrogen and oxygen atoms in total. The number of fused-ring (bicyclic) bond motifs is 1. The lowest BCUT2D eigenvalue weighted by molar-refractivity contribution is 0.270. The first-order chi connectivity index (χ1) is 5.83. The second-order valence-electron chi connectivity index (χ2n) is 2.75. The van der Waals surface area contributed by atoms with E-state index in [-0.39, 0.29) is 6.61 Å². The largest absolute Gasteiger partial charge is 0.394 e. The van der Waals surface area contributed by atoms with Crippen LogP contribution in [0.25, 0.3) is 0 Å². The van der Waals surface area contributed by atoms with E-state index < -0.39 is 0 Å². The number of hydrogen-bond acceptors (Lipinski definition) is 4. The van der Waals surface area contributed by atoms with Crippen molar-refractivity contribution in [2.75, 3.05) is 12.3 Å². The van der Waals surface area contributed by atoms with Crippen LogP contribution in [0.2, 0.25) is 0 Å². The summed E-state index contributed by atoms with van der Waals surface area (Å²) in [5.41, 5.74) is 8.07. The van der Waals surface area contributed by atoms with Crippen LogP contribution < -0.4 is 5.73 Å². The quantitative estimate of drug-likeness (QED) is 0.691. The molecule has 0 amide bonds. The number of nitrogen functional groups attached to an aromatic ring is 1. The van der Waals surface area contributed by atoms with Crippen LogP contribution in [-0.2, 0) is 18.1 Å². The zero-order chi connectivity index (χ0) is 8.55. The Labute approximate surface area is 74.7 Å². The van der Waals surface area contributed by atoms with Gasteiger partial charge in [-0.15, -0.1) is 0 Å². The van der Waals surface area contributed by atoms with Gasteiger partial charge >= 0.3 is 0 Å². The third kappa shape index (κ3) is 1.09. The Hall–Kier alpha value is -0.680. The predicted octanol–water partition coefficient (Wildman–Crippen LogP) is 0.204. The highest BCUT2D eigenvalue weighted by Gasteiger charge is 2.20. The molecule has 12 heavy (non-hydrogen) atoms. The molecule has 0 atom stereocenters. The van der Waals surface area contributed by atoms with Crippen molar-refractivity contribution in [1.82, 2.24) is 9.78 Å². The number of aliphatic hydroxyl groups is 1. The summed E-state index contributed by atoms with van der Waals surface area (Å²) in [6, 6.07) is 0. The van der Waals surface area contributed by atoms with Gasteiger partial charge in [0.1, 0.15) is 5.82 Å². The lowest BCUT2D eigenvalue weighted by Crippen LogP contribution is -2.08. The Morgan fingerprint density at radius 2 is 2.42 bits per heavy atom. The van der Waals surface area contributed by atoms with E-state index in [0.29, 0.717) is 6.54 Å². The van der Waals surface area contributed by atoms with Gasteiger partial charge in [-0.05, 0) is 0 Å². The maximum absolute atomic E-state index is 8.71. The number of nitrogens with two attached hydrogens (primary N) is 1. The number of thioether (sulfide) groups is 1. The molecule has 2 heterocycles. The minimum absolute atomic E-state index is 0.0951. The summed E-state index contributed by atoms with van der Waals surface area (Å²) < 4.78 is 1.68. The third-order valence-corrected chi connectivity index (χ3v) is 2.94. The van der Waals surface area contributed by atoms with Crippen molar-refractivity contribution < 1.29 is 5.11 Å². The van der Waals surface area contributed by atoms with Crippen LogP contribution in [0.15, 0.2) is 0 Å². The molecule has 0 spiro atoms. The highest BCUT2D eigenvalue weighted by molar-refractivity contribution is 7.98. The fourth-order valence-corrected chi connectivity index (χ4v) is 2.40. The Kier molecular flexibility index (Phi) is 1.98. The van der Waals surface area contributed by atoms with Crippen molar-refractivity contribution >= 4 is 17.6 Å². The summed E-state index contributed by atoms with van der Waals surface area (Å²) in [4.78, 5) is 0. The Morgan fingerprint density at radius 3 is 3.08 bits per heavy atom. The maximum atomic E-state index is 8.71. The molecule has 0 fully saturated rings. The average Bonchev–Trinajstić information content (AvgIpc) is 2.58. The zero-order valence-electron chi connectivity index (χ0n) is 6.66. The molecule has 0 saturated carbocycles. The summed E-state index contributed by atoms with van der Waals surface area (Å²) in [6.45, 7) is 0.599. The summed E-state index contributed by atoms with van der Waals surface area (Å²) in [7, 11) is 0. The highest BCUT2D eigenvalue weighted by Crippen LogP contribution is 2.32. The fraction of sp³-hybridized carbons (Fsp3) is 0.571. The SMILES string of the molecule is Nc1c2c(nn1CCO)CSC2. The summed E-state index contributed by atoms with van der Waals surface area (Å²) >= 11 is 1.83. The van der Waals surface area contributed by atoms with Gasteiger partial charge < -0.3 is 10.8 Å². The van der Waals surface area contributed by atoms with E-state index in [4.69, 9.17) is 10.8 Å². The summed E-state index contributed by atoms with van der Waals surface area (Å²) in [5.74, 6) is 2.65. The van der Waals surface area contributed by atoms with Gasteiger partial charge in [-0.1, -0.05) is 0 Å². The van der Waals surface area contributed by atoms with Crippen molar-refractivity contribution in [3.63, 3.8) is 0 Å². The van der Waals surface area contributed by atoms with E-state index >= 15 is 0 Å². The molecular weight excluding hydrogens is 174 g/mol. The molecule has 5 heteroatoms. The molecule has 0 saturated heterocycles. The second kappa shape index (κ2) is 2.99. The van der Waals surface area contributed by atoms with Crippen LogP contribution in [0.5, 0.6) is 0 Å². The van der Waals surface area contributed by atoms with Crippen LogP contribution in [0.1, 0.15) is 11.3 Å². The molecule has 0 radical (unpaired) electrons. The molecule has 66 valence electrons. The molecule has 1 aromatic rings. The lowest BCUT2D eigenvalue weighted by atomic mass is 10.3. The number of anilines is 1. The van der Waals surface area contributed by atoms with Crippen LogP contribution in [0, 0.1) is 0 Å². The molecule has 1 aliphatic rings. The highest BCUT2D eigenvalue weighted by atomic mass is 32.2. The number of aromatic nitrogens is 2. The Balaban J connectivity index is 2.34. The van der Waals surface area contributed by atoms with Gasteiger partial charge in [-0.3, -0.25) is 0 Å². The maximum Gasteiger partial charge on any atom is 0.126 e. The van der Waals surface area contributed by atoms with Crippen LogP contribution in [-0.4, -0.2) is 21.5 Å². The first-order valence-corrected chi connectivity index (χ1v) is 5.01. The van der Waals surface area contributed by atoms with E-state index in [1.165, 1.54) is 0 Å². The van der Waals surface area contributed by atoms with Crippen molar-refractivity contribution in [3.05, 3.63) is 11.3 Å². The third-order valence-electron chi connectivity index (χ3n) is 1.97. The van der Waals surface area contributed by atoms with Gasteiger partial charge in [0.05, 0.1) is 18.8 Å². The van der Waals surface area contributed by atoms with Gasteiger partial charge in [0.25, 0.3) is 0 Å². The lowest BCUT2D eigenvalue weighted by Gasteiger charge is -2.01. The number of nitrogens with zero attached hydrogens (tertiary/aromatic N) is 2. The van der Waals surface area contributed by atoms with Crippen LogP contribution >= 0.6 is 11.8 Å². The normalized spacial score (nSPS) is 15.1. The van der Waals surface area contributed by atoms with Gasteiger partial charge in [0, 0.05) is 17.1 Å². The Bertz CT molecular complexity index is 297. The molecule has 0 aromatic carbocycles. The smallest absolute Gasteiger partial charge is 0.126 e. The molecule has 1 aliphatic heterocycles. The molecule has 0 aliphatic carbocycles. The van der Waals surface area contributed by atoms with E-state index in [9.17, 15) is 0 Å². The number of aliphatic hydroxyl groups excluding tert-OH is 1. The van der Waals surface area contributed by atoms with Gasteiger partial charge in [-0.25, -0.2) is 4.68 Å². The van der Waals surface area contributed by atoms with E-state index in [0.717, 1.165) is 28.6 Å². The summed E-state index contributed by atoms with van der Waals surface area (Å²) in [6.07, 6.45) is 0. The number of hydrogen-bond donors (Lipinski definition) is 2. The van der Waals surface area contributed by atoms with E-state index in [1.807, 2.05) is 11.8 Å². The first kappa shape index (κ1) is 7.94. The van der Waals surface area contributed by atoms with Crippen LogP contribution in [0.3, 0.4) is 0 Å². The summed E-state index contributed by atoms with van der Waals surface area (Å²) in [5, 5.41) is 13.0. The topological polar surface area (TPSA) is 64.1 Å². The minimum Gasteiger partial charge on any atom is -0.394 e. The standard InChI is InChI=1S/C7H11N3OS/c8-7-5-3-12-4-6(5)9-10(7)1-2-11/h11H,1-4,8H2. The Morgan fingerprint density at radius 1 is 1.58 bits per heavy atom. The van der Waals surface area contributed by atoms with E-state index in [1.54, 1.807) is 4.68 Å². The monoisotopic (exact) mass is 185 g/mol. The second-order valence-corrected chi connectivity index (χ2v) is 3.74. The fourth-order valence-electron chi connectivity index (χ4n) is 1.35. The predicted molar refractivity (Wildman–Crippen MR) is 48.7 cm³/mol. The van der Waals surface area contributed by atoms with Crippen LogP contribution in [0.4, 0.5) is 5.82 Å². The molecule has 0 unspecified atom stereocenters.